The molecule has 0 saturated carbocycles. The van der Waals surface area contributed by atoms with Crippen LogP contribution in [-0.2, 0) is 32.6 Å². The molecular formula is C33H40N2O7S. The van der Waals surface area contributed by atoms with E-state index in [1.54, 1.807) is 18.2 Å². The molecular weight excluding hydrogens is 568 g/mol. The van der Waals surface area contributed by atoms with E-state index in [-0.39, 0.29) is 17.0 Å². The van der Waals surface area contributed by atoms with Gasteiger partial charge in [0.2, 0.25) is 0 Å². The number of benzene rings is 3. The summed E-state index contributed by atoms with van der Waals surface area (Å²) in [6, 6.07) is 24.4. The second-order valence-corrected chi connectivity index (χ2v) is 12.5. The normalized spacial score (nSPS) is 18.8. The van der Waals surface area contributed by atoms with Crippen molar-refractivity contribution in [2.75, 3.05) is 20.2 Å². The Labute approximate surface area is 254 Å². The van der Waals surface area contributed by atoms with Crippen molar-refractivity contribution in [3.8, 4) is 0 Å². The molecule has 1 amide bonds. The third-order valence-corrected chi connectivity index (χ3v) is 8.86. The van der Waals surface area contributed by atoms with Gasteiger partial charge in [-0.3, -0.25) is 4.55 Å². The summed E-state index contributed by atoms with van der Waals surface area (Å²) < 4.78 is 39.9. The van der Waals surface area contributed by atoms with Crippen LogP contribution in [0.3, 0.4) is 0 Å². The maximum Gasteiger partial charge on any atom is 0.410 e. The zero-order valence-electron chi connectivity index (χ0n) is 24.6. The number of hydrogen-bond acceptors (Lipinski definition) is 7. The number of nitrogens with one attached hydrogen (secondary N) is 1. The van der Waals surface area contributed by atoms with Crippen LogP contribution in [0.2, 0.25) is 0 Å². The van der Waals surface area contributed by atoms with Crippen LogP contribution in [-0.4, -0.2) is 62.2 Å². The molecule has 10 heteroatoms. The predicted molar refractivity (Wildman–Crippen MR) is 163 cm³/mol. The summed E-state index contributed by atoms with van der Waals surface area (Å²) in [5.74, 6) is 0.290. The lowest BCUT2D eigenvalue weighted by atomic mass is 9.89. The lowest BCUT2D eigenvalue weighted by Crippen LogP contribution is -2.44. The standard InChI is InChI=1S/C26H32N2O4.C7H8O3S/c1-31-25(29)22-9-5-8-20(16-22)17-23-10-11-24(27-23)21-12-14-28(15-13-21)26(30)32-18-19-6-3-2-4-7-19;1-6-2-4-7(5-3-6)11(8,9)10/h2-9,16,21,23-24,27H,10-15,17-18H2,1H3;2-5H,1H3,(H,8,9,10)/t23-,24+;/m0./s1. The Bertz CT molecular complexity index is 1450. The molecule has 9 nitrogen and oxygen atoms in total. The van der Waals surface area contributed by atoms with Crippen LogP contribution in [0, 0.1) is 12.8 Å². The summed E-state index contributed by atoms with van der Waals surface area (Å²) in [5.41, 5.74) is 3.72. The topological polar surface area (TPSA) is 122 Å². The summed E-state index contributed by atoms with van der Waals surface area (Å²) in [7, 11) is -2.61. The lowest BCUT2D eigenvalue weighted by Gasteiger charge is -2.34. The Morgan fingerprint density at radius 3 is 2.23 bits per heavy atom. The molecule has 2 heterocycles. The average molecular weight is 609 g/mol. The van der Waals surface area contributed by atoms with Gasteiger partial charge in [-0.2, -0.15) is 8.42 Å². The molecule has 43 heavy (non-hydrogen) atoms. The molecule has 3 aromatic rings. The Balaban J connectivity index is 0.000000324. The number of aryl methyl sites for hydroxylation is 1. The molecule has 0 unspecified atom stereocenters. The Hall–Kier alpha value is -3.73. The molecule has 0 spiro atoms. The third-order valence-electron chi connectivity index (χ3n) is 8.00. The molecule has 0 aromatic heterocycles. The summed E-state index contributed by atoms with van der Waals surface area (Å²) in [5, 5.41) is 3.81. The number of piperidine rings is 1. The van der Waals surface area contributed by atoms with Gasteiger partial charge in [0.05, 0.1) is 17.6 Å². The molecule has 0 radical (unpaired) electrons. The Morgan fingerprint density at radius 1 is 0.907 bits per heavy atom. The van der Waals surface area contributed by atoms with Gasteiger partial charge in [0.25, 0.3) is 10.1 Å². The first-order valence-corrected chi connectivity index (χ1v) is 16.0. The van der Waals surface area contributed by atoms with Crippen molar-refractivity contribution in [2.24, 2.45) is 5.92 Å². The van der Waals surface area contributed by atoms with Gasteiger partial charge in [-0.15, -0.1) is 0 Å². The number of rotatable bonds is 7. The number of esters is 1. The number of ether oxygens (including phenoxy) is 2. The van der Waals surface area contributed by atoms with Gasteiger partial charge in [-0.25, -0.2) is 9.59 Å². The predicted octanol–water partition coefficient (Wildman–Crippen LogP) is 5.43. The van der Waals surface area contributed by atoms with E-state index in [4.69, 9.17) is 14.0 Å². The van der Waals surface area contributed by atoms with Gasteiger partial charge in [-0.1, -0.05) is 60.2 Å². The molecule has 2 aliphatic rings. The number of carbonyl (C=O) groups is 2. The van der Waals surface area contributed by atoms with Crippen LogP contribution in [0.1, 0.15) is 52.7 Å². The van der Waals surface area contributed by atoms with E-state index in [0.717, 1.165) is 61.9 Å². The van der Waals surface area contributed by atoms with Crippen molar-refractivity contribution in [2.45, 2.75) is 62.6 Å². The zero-order chi connectivity index (χ0) is 30.8. The molecule has 2 N–H and O–H groups in total. The average Bonchev–Trinajstić information content (AvgIpc) is 3.48. The van der Waals surface area contributed by atoms with Crippen LogP contribution in [0.15, 0.2) is 83.8 Å². The first-order chi connectivity index (χ1) is 20.6. The van der Waals surface area contributed by atoms with Crippen LogP contribution in [0.4, 0.5) is 4.79 Å². The molecule has 5 rings (SSSR count). The zero-order valence-corrected chi connectivity index (χ0v) is 25.5. The third kappa shape index (κ3) is 9.64. The maximum atomic E-state index is 12.4. The van der Waals surface area contributed by atoms with Gasteiger partial charge >= 0.3 is 12.1 Å². The highest BCUT2D eigenvalue weighted by Crippen LogP contribution is 2.29. The largest absolute Gasteiger partial charge is 0.465 e. The number of hydrogen-bond donors (Lipinski definition) is 2. The van der Waals surface area contributed by atoms with E-state index < -0.39 is 10.1 Å². The first kappa shape index (κ1) is 32.2. The van der Waals surface area contributed by atoms with E-state index in [1.807, 2.05) is 54.3 Å². The van der Waals surface area contributed by atoms with Gasteiger partial charge in [-0.05, 0) is 80.3 Å². The van der Waals surface area contributed by atoms with E-state index in [0.29, 0.717) is 30.2 Å². The highest BCUT2D eigenvalue weighted by atomic mass is 32.2. The molecule has 230 valence electrons. The van der Waals surface area contributed by atoms with Crippen molar-refractivity contribution in [1.29, 1.82) is 0 Å². The molecule has 2 atom stereocenters. The van der Waals surface area contributed by atoms with E-state index in [9.17, 15) is 18.0 Å². The minimum absolute atomic E-state index is 0.0666. The molecule has 3 aromatic carbocycles. The van der Waals surface area contributed by atoms with Crippen molar-refractivity contribution >= 4 is 22.2 Å². The monoisotopic (exact) mass is 608 g/mol. The van der Waals surface area contributed by atoms with Crippen LogP contribution in [0.5, 0.6) is 0 Å². The fourth-order valence-electron chi connectivity index (χ4n) is 5.62. The van der Waals surface area contributed by atoms with Crippen molar-refractivity contribution in [3.63, 3.8) is 0 Å². The fraction of sp³-hybridized carbons (Fsp3) is 0.394. The van der Waals surface area contributed by atoms with Gasteiger partial charge in [0, 0.05) is 25.2 Å². The smallest absolute Gasteiger partial charge is 0.410 e. The van der Waals surface area contributed by atoms with E-state index in [2.05, 4.69) is 11.4 Å². The minimum atomic E-state index is -4.02. The second-order valence-electron chi connectivity index (χ2n) is 11.1. The molecule has 2 fully saturated rings. The Kier molecular flexibility index (Phi) is 11.3. The molecule has 0 aliphatic carbocycles. The van der Waals surface area contributed by atoms with Crippen molar-refractivity contribution in [1.82, 2.24) is 10.2 Å². The van der Waals surface area contributed by atoms with Crippen molar-refractivity contribution in [3.05, 3.63) is 101 Å². The summed E-state index contributed by atoms with van der Waals surface area (Å²) >= 11 is 0. The van der Waals surface area contributed by atoms with Crippen LogP contribution in [0.25, 0.3) is 0 Å². The fourth-order valence-corrected chi connectivity index (χ4v) is 6.10. The van der Waals surface area contributed by atoms with Gasteiger partial charge in [0.15, 0.2) is 0 Å². The number of likely N-dealkylation sites (tertiary alicyclic amines) is 1. The molecule has 2 saturated heterocycles. The summed E-state index contributed by atoms with van der Waals surface area (Å²) in [6.45, 7) is 3.67. The number of carbonyl (C=O) groups excluding carboxylic acids is 2. The Morgan fingerprint density at radius 2 is 1.58 bits per heavy atom. The highest BCUT2D eigenvalue weighted by molar-refractivity contribution is 7.85. The van der Waals surface area contributed by atoms with E-state index >= 15 is 0 Å². The minimum Gasteiger partial charge on any atom is -0.465 e. The molecule has 2 aliphatic heterocycles. The first-order valence-electron chi connectivity index (χ1n) is 14.6. The van der Waals surface area contributed by atoms with Crippen LogP contribution < -0.4 is 5.32 Å². The lowest BCUT2D eigenvalue weighted by molar-refractivity contribution is 0.0600. The highest BCUT2D eigenvalue weighted by Gasteiger charge is 2.33. The maximum absolute atomic E-state index is 12.4. The van der Waals surface area contributed by atoms with Crippen LogP contribution >= 0.6 is 0 Å². The van der Waals surface area contributed by atoms with E-state index in [1.165, 1.54) is 19.2 Å². The SMILES string of the molecule is COC(=O)c1cccc(C[C@@H]2CC[C@H](C3CCN(C(=O)OCc4ccccc4)CC3)N2)c1.Cc1ccc(S(=O)(=O)O)cc1. The number of methoxy groups -OCH3 is 1. The van der Waals surface area contributed by atoms with Gasteiger partial charge in [0.1, 0.15) is 6.61 Å². The van der Waals surface area contributed by atoms with Gasteiger partial charge < -0.3 is 19.7 Å². The summed E-state index contributed by atoms with van der Waals surface area (Å²) in [4.78, 5) is 26.0. The number of nitrogens with zero attached hydrogens (tertiary/aromatic N) is 1. The number of amides is 1. The summed E-state index contributed by atoms with van der Waals surface area (Å²) in [6.07, 6.45) is 4.99. The van der Waals surface area contributed by atoms with Crippen molar-refractivity contribution < 1.29 is 32.0 Å². The second kappa shape index (κ2) is 15.1. The quantitative estimate of drug-likeness (QED) is 0.269. The molecule has 0 bridgehead atoms.